The third-order valence-corrected chi connectivity index (χ3v) is 22.2. The zero-order valence-corrected chi connectivity index (χ0v) is 77.2. The van der Waals surface area contributed by atoms with Crippen LogP contribution >= 0.6 is 25.3 Å². The number of aromatic amines is 1. The molecule has 2 aliphatic rings. The second kappa shape index (κ2) is 52.7. The quantitative estimate of drug-likeness (QED) is 0.00845. The minimum Gasteiger partial charge on any atom is -0.508 e. The maximum Gasteiger partial charge on any atom is 0.326 e. The Labute approximate surface area is 783 Å². The number of phenols is 1. The van der Waals surface area contributed by atoms with Crippen LogP contribution in [-0.4, -0.2) is 293 Å². The predicted octanol–water partition coefficient (Wildman–Crippen LogP) is -6.87. The van der Waals surface area contributed by atoms with Crippen LogP contribution in [0.25, 0.3) is 0 Å². The van der Waals surface area contributed by atoms with Crippen LogP contribution in [0.1, 0.15) is 135 Å². The highest BCUT2D eigenvalue weighted by molar-refractivity contribution is 7.81. The molecular weight excluding hydrogens is 1790 g/mol. The summed E-state index contributed by atoms with van der Waals surface area (Å²) in [5, 5.41) is 66.0. The Hall–Kier alpha value is -13.5. The van der Waals surface area contributed by atoms with E-state index in [0.29, 0.717) is 28.8 Å². The van der Waals surface area contributed by atoms with E-state index in [2.05, 4.69) is 115 Å². The molecule has 28 N–H and O–H groups in total. The lowest BCUT2D eigenvalue weighted by Gasteiger charge is -2.33. The van der Waals surface area contributed by atoms with Crippen LogP contribution in [0.2, 0.25) is 0 Å². The van der Waals surface area contributed by atoms with Gasteiger partial charge in [-0.1, -0.05) is 86.6 Å². The molecular formula is C86H124N24O22S2. The predicted molar refractivity (Wildman–Crippen MR) is 490 cm³/mol. The number of aromatic nitrogens is 2. The number of aliphatic hydroxyl groups is 1. The highest BCUT2D eigenvalue weighted by Crippen LogP contribution is 2.24. The number of aliphatic hydroxyl groups excluding tert-OH is 1. The number of nitrogens with one attached hydrogen (secondary N) is 15. The molecule has 0 radical (unpaired) electrons. The van der Waals surface area contributed by atoms with E-state index in [1.165, 1.54) is 69.4 Å². The first-order valence-corrected chi connectivity index (χ1v) is 44.4. The molecule has 0 bridgehead atoms. The molecule has 0 saturated carbocycles. The van der Waals surface area contributed by atoms with E-state index in [-0.39, 0.29) is 114 Å². The van der Waals surface area contributed by atoms with Crippen molar-refractivity contribution in [2.45, 2.75) is 233 Å². The SMILES string of the molecule is CC(C)C[C@H](NC(=O)CNC(=O)C(C)(C)NC(=O)[C@H](Cc1ccccc1)NC(=O)[C@H](Cc1cnc[nH]1)NC(=O)CNC(=O)[C@@H](NC(=O)[C@@H](NC(=O)[C@H](Cc1ccccc1)NC(=O)[C@H](CCCN=C(N)N)NC(=O)[C@@H](N)CCC(N)=O)C(C)(C)S)[C@@H](C)O)C(=O)N[C@@H](Cc1ccc(O)cc1)C(=O)N1CCC[C@H]1C(=O)N[C@@H](CS)C(=O)N[C@@H](CC(N)=O)C(=O)NCC(=O)N1CCC[C@H]1C(=O)O. The smallest absolute Gasteiger partial charge is 0.326 e. The fourth-order valence-electron chi connectivity index (χ4n) is 14.4. The molecule has 3 heterocycles. The molecule has 4 aromatic rings. The Morgan fingerprint density at radius 1 is 0.537 bits per heavy atom. The first kappa shape index (κ1) is 109. The first-order valence-electron chi connectivity index (χ1n) is 43.4. The van der Waals surface area contributed by atoms with Crippen molar-refractivity contribution in [3.63, 3.8) is 0 Å². The normalized spacial score (nSPS) is 16.3. The van der Waals surface area contributed by atoms with Gasteiger partial charge in [-0.25, -0.2) is 9.78 Å². The fourth-order valence-corrected chi connectivity index (χ4v) is 14.9. The summed E-state index contributed by atoms with van der Waals surface area (Å²) < 4.78 is -1.48. The molecule has 134 heavy (non-hydrogen) atoms. The van der Waals surface area contributed by atoms with Crippen LogP contribution < -0.4 is 103 Å². The number of aliphatic carboxylic acids is 1. The summed E-state index contributed by atoms with van der Waals surface area (Å²) in [4.78, 5) is 274. The van der Waals surface area contributed by atoms with Crippen molar-refractivity contribution in [3.8, 4) is 5.75 Å². The molecule has 0 unspecified atom stereocenters. The van der Waals surface area contributed by atoms with Gasteiger partial charge >= 0.3 is 5.97 Å². The zero-order valence-electron chi connectivity index (χ0n) is 75.4. The van der Waals surface area contributed by atoms with E-state index in [4.69, 9.17) is 28.7 Å². The van der Waals surface area contributed by atoms with Gasteiger partial charge in [0.15, 0.2) is 5.96 Å². The highest BCUT2D eigenvalue weighted by Gasteiger charge is 2.44. The average Bonchev–Trinajstić information content (AvgIpc) is 1.64. The van der Waals surface area contributed by atoms with Gasteiger partial charge < -0.3 is 133 Å². The number of guanidine groups is 1. The molecule has 2 fully saturated rings. The molecule has 0 aliphatic carbocycles. The Kier molecular flexibility index (Phi) is 42.9. The summed E-state index contributed by atoms with van der Waals surface area (Å²) in [7, 11) is 0. The molecule has 0 spiro atoms. The lowest BCUT2D eigenvalue weighted by atomic mass is 9.99. The Bertz CT molecular complexity index is 4810. The van der Waals surface area contributed by atoms with Crippen LogP contribution in [0.3, 0.4) is 0 Å². The van der Waals surface area contributed by atoms with Crippen LogP contribution in [-0.2, 0) is 117 Å². The fraction of sp³-hybridized carbons (Fsp3) is 0.523. The summed E-state index contributed by atoms with van der Waals surface area (Å²) in [5.74, 6) is -19.1. The number of carboxylic acid groups (broad SMARTS) is 1. The maximum atomic E-state index is 14.9. The molecule has 14 atom stereocenters. The molecule has 48 heteroatoms. The van der Waals surface area contributed by atoms with Crippen LogP contribution in [0, 0.1) is 5.92 Å². The number of likely N-dealkylation sites (tertiary alicyclic amines) is 2. The summed E-state index contributed by atoms with van der Waals surface area (Å²) in [5.41, 5.74) is 27.5. The number of H-pyrrole nitrogens is 1. The largest absolute Gasteiger partial charge is 0.508 e. The number of hydrogen-bond donors (Lipinski definition) is 25. The van der Waals surface area contributed by atoms with Gasteiger partial charge in [0.1, 0.15) is 83.8 Å². The number of amides is 18. The van der Waals surface area contributed by atoms with Crippen molar-refractivity contribution in [1.82, 2.24) is 94.2 Å². The Balaban J connectivity index is 1.11. The molecule has 46 nitrogen and oxygen atoms in total. The lowest BCUT2D eigenvalue weighted by molar-refractivity contribution is -0.148. The number of thiol groups is 2. The van der Waals surface area contributed by atoms with E-state index < -0.39 is 239 Å². The van der Waals surface area contributed by atoms with Crippen molar-refractivity contribution < 1.29 is 106 Å². The average molecular weight is 1910 g/mol. The van der Waals surface area contributed by atoms with Gasteiger partial charge in [0, 0.05) is 74.1 Å². The van der Waals surface area contributed by atoms with Gasteiger partial charge in [-0.2, -0.15) is 25.3 Å². The summed E-state index contributed by atoms with van der Waals surface area (Å²) >= 11 is 8.84. The first-order chi connectivity index (χ1) is 63.1. The van der Waals surface area contributed by atoms with Crippen molar-refractivity contribution in [1.29, 1.82) is 0 Å². The van der Waals surface area contributed by atoms with Gasteiger partial charge in [-0.05, 0) is 121 Å². The number of primary amides is 2. The van der Waals surface area contributed by atoms with Gasteiger partial charge in [-0.15, -0.1) is 0 Å². The summed E-state index contributed by atoms with van der Waals surface area (Å²) in [6, 6.07) is 3.12. The number of carbonyl (C=O) groups is 19. The Morgan fingerprint density at radius 2 is 1.04 bits per heavy atom. The molecule has 732 valence electrons. The van der Waals surface area contributed by atoms with Gasteiger partial charge in [-0.3, -0.25) is 91.3 Å². The number of carbonyl (C=O) groups excluding carboxylic acids is 18. The third kappa shape index (κ3) is 35.9. The molecule has 1 aromatic heterocycles. The second-order valence-corrected chi connectivity index (χ2v) is 35.5. The maximum absolute atomic E-state index is 14.9. The van der Waals surface area contributed by atoms with E-state index in [1.54, 1.807) is 74.5 Å². The number of rotatable bonds is 53. The van der Waals surface area contributed by atoms with E-state index in [9.17, 15) is 106 Å². The van der Waals surface area contributed by atoms with Crippen LogP contribution in [0.15, 0.2) is 102 Å². The van der Waals surface area contributed by atoms with Crippen molar-refractivity contribution in [3.05, 3.63) is 120 Å². The molecule has 2 aliphatic heterocycles. The standard InChI is InChI=1S/C86H124N24O22S2/c1-45(2)33-54(73(121)104-59(36-49-24-26-51(112)27-25-49)81(129)110-32-15-22-61(110)78(126)105-60(43-133)76(124)103-58(38-64(89)114)71(119)95-42-67(117)109-31-16-23-62(109)82(130)131)98-66(116)41-96-83(132)85(4,5)108-77(125)56(35-48-19-12-9-13-20-48)102-74(122)57(37-50-39-92-44-97-50)99-65(115)40-94-79(127)68(46(3)111)106-80(128)69(86(6,7)134)107-75(123)55(34-47-17-10-8-11-18-47)101-72(120)53(21-14-30-93-84(90)91)100-70(118)52(87)28-29-63(88)113/h8-13,17-20,24-27,39,44-46,52-62,68-69,111-112,133-134H,14-16,21-23,28-38,40-43,87H2,1-7H3,(H2,88,113)(H2,89,114)(H,92,97)(H,94,127)(H,95,119)(H,96,132)(H,98,116)(H,99,115)(H,100,118)(H,101,120)(H,102,122)(H,103,124)(H,104,121)(H,105,126)(H,106,128)(H,107,123)(H,108,125)(H,130,131)(H4,90,91,93)/t46-,52+,53+,54+,55+,56+,57+,58+,59+,60+,61+,62+,68+,69-/m1/s1. The van der Waals surface area contributed by atoms with Gasteiger partial charge in [0.25, 0.3) is 0 Å². The van der Waals surface area contributed by atoms with E-state index in [0.717, 1.165) is 11.8 Å². The number of aromatic hydroxyl groups is 1. The lowest BCUT2D eigenvalue weighted by Crippen LogP contribution is -2.64. The number of carboxylic acids is 1. The molecule has 18 amide bonds. The number of aliphatic imine (C=N–C) groups is 1. The van der Waals surface area contributed by atoms with Crippen LogP contribution in [0.5, 0.6) is 5.75 Å². The van der Waals surface area contributed by atoms with E-state index in [1.807, 2.05) is 0 Å². The van der Waals surface area contributed by atoms with E-state index >= 15 is 0 Å². The number of benzene rings is 3. The third-order valence-electron chi connectivity index (χ3n) is 21.5. The molecule has 3 aromatic carbocycles. The molecule has 2 saturated heterocycles. The number of phenolic OH excluding ortho intramolecular Hbond substituents is 1. The Morgan fingerprint density at radius 3 is 1.60 bits per heavy atom. The van der Waals surface area contributed by atoms with Gasteiger partial charge in [0.2, 0.25) is 106 Å². The van der Waals surface area contributed by atoms with Crippen molar-refractivity contribution in [2.75, 3.05) is 45.0 Å². The second-order valence-electron chi connectivity index (χ2n) is 34.0. The number of hydrogen-bond acceptors (Lipinski definition) is 26. The number of nitrogens with zero attached hydrogens (tertiary/aromatic N) is 4. The van der Waals surface area contributed by atoms with Crippen molar-refractivity contribution >= 4 is 144 Å². The topological polar surface area (TPSA) is 731 Å². The number of imidazole rings is 1. The number of nitrogens with two attached hydrogens (primary N) is 5. The zero-order chi connectivity index (χ0) is 99.4. The summed E-state index contributed by atoms with van der Waals surface area (Å²) in [6.45, 7) is 7.79. The monoisotopic (exact) mass is 1910 g/mol. The summed E-state index contributed by atoms with van der Waals surface area (Å²) in [6.07, 6.45) is -0.269. The van der Waals surface area contributed by atoms with Crippen LogP contribution in [0.4, 0.5) is 0 Å². The minimum absolute atomic E-state index is 0.0280. The van der Waals surface area contributed by atoms with Crippen molar-refractivity contribution in [2.24, 2.45) is 39.6 Å². The minimum atomic E-state index is -1.90. The molecule has 6 rings (SSSR count). The highest BCUT2D eigenvalue weighted by atomic mass is 32.1. The van der Waals surface area contributed by atoms with Gasteiger partial charge in [0.05, 0.1) is 44.5 Å².